The van der Waals surface area contributed by atoms with Crippen molar-refractivity contribution >= 4 is 75.9 Å². The number of aryl methyl sites for hydroxylation is 1. The molecule has 13 rings (SSSR count). The molecule has 0 saturated heterocycles. The van der Waals surface area contributed by atoms with Crippen LogP contribution in [0.4, 0.5) is 0 Å². The fourth-order valence-corrected chi connectivity index (χ4v) is 11.0. The summed E-state index contributed by atoms with van der Waals surface area (Å²) in [5.41, 5.74) is 14.8. The Labute approximate surface area is 374 Å². The topological polar surface area (TPSA) is 51.8 Å². The normalized spacial score (nSPS) is 14.0. The summed E-state index contributed by atoms with van der Waals surface area (Å²) in [6, 6.07) is 60.7. The van der Waals surface area contributed by atoms with Crippen molar-refractivity contribution < 1.29 is 4.42 Å². The van der Waals surface area contributed by atoms with Crippen molar-refractivity contribution in [2.24, 2.45) is 0 Å². The zero-order valence-electron chi connectivity index (χ0n) is 34.9. The van der Waals surface area contributed by atoms with Crippen LogP contribution in [0.25, 0.3) is 110 Å². The maximum absolute atomic E-state index is 6.79. The Kier molecular flexibility index (Phi) is 8.63. The van der Waals surface area contributed by atoms with Gasteiger partial charge in [0.25, 0.3) is 0 Å². The molecule has 302 valence electrons. The molecule has 4 nitrogen and oxygen atoms in total. The third-order valence-corrected chi connectivity index (χ3v) is 14.3. The van der Waals surface area contributed by atoms with E-state index in [1.54, 1.807) is 0 Å². The van der Waals surface area contributed by atoms with E-state index in [4.69, 9.17) is 19.4 Å². The lowest BCUT2D eigenvalue weighted by molar-refractivity contribution is 0.670. The molecular formula is C59H39N3OS. The number of para-hydroxylation sites is 1. The van der Waals surface area contributed by atoms with Crippen LogP contribution >= 0.6 is 11.3 Å². The average Bonchev–Trinajstić information content (AvgIpc) is 3.95. The summed E-state index contributed by atoms with van der Waals surface area (Å²) in [5.74, 6) is 2.04. The van der Waals surface area contributed by atoms with Gasteiger partial charge in [0.15, 0.2) is 17.5 Å². The van der Waals surface area contributed by atoms with E-state index in [0.717, 1.165) is 97.8 Å². The van der Waals surface area contributed by atoms with E-state index in [0.29, 0.717) is 11.6 Å². The van der Waals surface area contributed by atoms with E-state index in [2.05, 4.69) is 182 Å². The Morgan fingerprint density at radius 2 is 1.09 bits per heavy atom. The second-order valence-electron chi connectivity index (χ2n) is 17.0. The van der Waals surface area contributed by atoms with Crippen LogP contribution in [0.1, 0.15) is 36.2 Å². The van der Waals surface area contributed by atoms with E-state index in [1.165, 1.54) is 47.8 Å². The van der Waals surface area contributed by atoms with Crippen LogP contribution < -0.4 is 0 Å². The standard InChI is InChI=1S/C59H39N3OS/c1-3-12-40-32-42(26-22-36(40)10-1)38-20-24-39(25-21-38)57-60-58(62-59(61-57)46-27-23-37-11-2-4-13-41(37)33-46)45-15-9-14-43(34-45)47-29-30-48(56-55(47)50-17-5-7-18-52(50)63-56)44-28-31-54-51(35-44)49-16-6-8-19-53(49)64-54/h1-20,23-24,27-35H,21-22,25-26H2. The Morgan fingerprint density at radius 1 is 0.422 bits per heavy atom. The van der Waals surface area contributed by atoms with Crippen LogP contribution in [0.2, 0.25) is 0 Å². The second-order valence-corrected chi connectivity index (χ2v) is 18.1. The van der Waals surface area contributed by atoms with Gasteiger partial charge >= 0.3 is 0 Å². The number of benzene rings is 8. The van der Waals surface area contributed by atoms with Gasteiger partial charge in [-0.15, -0.1) is 11.3 Å². The molecule has 0 bridgehead atoms. The summed E-state index contributed by atoms with van der Waals surface area (Å²) in [4.78, 5) is 15.7. The predicted octanol–water partition coefficient (Wildman–Crippen LogP) is 16.1. The van der Waals surface area contributed by atoms with Gasteiger partial charge in [-0.25, -0.2) is 15.0 Å². The number of nitrogens with zero attached hydrogens (tertiary/aromatic N) is 3. The third-order valence-electron chi connectivity index (χ3n) is 13.2. The molecule has 3 aromatic heterocycles. The summed E-state index contributed by atoms with van der Waals surface area (Å²) in [6.07, 6.45) is 10.9. The van der Waals surface area contributed by atoms with Gasteiger partial charge in [-0.1, -0.05) is 146 Å². The van der Waals surface area contributed by atoms with Crippen LogP contribution in [0.5, 0.6) is 0 Å². The zero-order chi connectivity index (χ0) is 42.1. The molecule has 2 aliphatic carbocycles. The maximum Gasteiger partial charge on any atom is 0.164 e. The molecule has 11 aromatic rings. The van der Waals surface area contributed by atoms with E-state index >= 15 is 0 Å². The van der Waals surface area contributed by atoms with Gasteiger partial charge < -0.3 is 4.42 Å². The first-order valence-corrected chi connectivity index (χ1v) is 22.9. The number of fused-ring (bicyclic) bond motifs is 8. The molecule has 0 radical (unpaired) electrons. The molecule has 5 heteroatoms. The molecule has 0 N–H and O–H groups in total. The van der Waals surface area contributed by atoms with E-state index in [9.17, 15) is 0 Å². The first kappa shape index (κ1) is 36.9. The van der Waals surface area contributed by atoms with Crippen molar-refractivity contribution in [1.29, 1.82) is 0 Å². The average molecular weight is 838 g/mol. The summed E-state index contributed by atoms with van der Waals surface area (Å²) in [7, 11) is 0. The predicted molar refractivity (Wildman–Crippen MR) is 267 cm³/mol. The van der Waals surface area contributed by atoms with Gasteiger partial charge in [-0.3, -0.25) is 0 Å². The van der Waals surface area contributed by atoms with Crippen molar-refractivity contribution in [3.63, 3.8) is 0 Å². The number of hydrogen-bond acceptors (Lipinski definition) is 5. The Bertz CT molecular complexity index is 3810. The number of hydrogen-bond donors (Lipinski definition) is 0. The number of allylic oxidation sites excluding steroid dienone is 5. The number of furan rings is 1. The number of aromatic nitrogens is 3. The highest BCUT2D eigenvalue weighted by molar-refractivity contribution is 7.25. The van der Waals surface area contributed by atoms with Gasteiger partial charge in [-0.05, 0) is 123 Å². The summed E-state index contributed by atoms with van der Waals surface area (Å²) in [6.45, 7) is 0. The molecule has 64 heavy (non-hydrogen) atoms. The zero-order valence-corrected chi connectivity index (χ0v) is 35.7. The minimum atomic E-state index is 0.651. The molecule has 0 saturated carbocycles. The van der Waals surface area contributed by atoms with Gasteiger partial charge in [0.1, 0.15) is 11.2 Å². The van der Waals surface area contributed by atoms with Gasteiger partial charge in [0, 0.05) is 47.6 Å². The fraction of sp³-hybridized carbons (Fsp3) is 0.0678. The molecule has 0 spiro atoms. The molecular weight excluding hydrogens is 799 g/mol. The Hall–Kier alpha value is -7.73. The van der Waals surface area contributed by atoms with E-state index < -0.39 is 0 Å². The summed E-state index contributed by atoms with van der Waals surface area (Å²) < 4.78 is 9.38. The highest BCUT2D eigenvalue weighted by atomic mass is 32.1. The lowest BCUT2D eigenvalue weighted by Crippen LogP contribution is -2.06. The molecule has 0 amide bonds. The molecule has 8 aromatic carbocycles. The highest BCUT2D eigenvalue weighted by Crippen LogP contribution is 2.44. The van der Waals surface area contributed by atoms with Crippen molar-refractivity contribution in [2.75, 3.05) is 0 Å². The van der Waals surface area contributed by atoms with E-state index in [1.807, 2.05) is 17.4 Å². The monoisotopic (exact) mass is 837 g/mol. The Morgan fingerprint density at radius 3 is 2.00 bits per heavy atom. The molecule has 0 atom stereocenters. The molecule has 0 aliphatic heterocycles. The lowest BCUT2D eigenvalue weighted by atomic mass is 9.84. The van der Waals surface area contributed by atoms with Crippen LogP contribution in [0.15, 0.2) is 198 Å². The smallest absolute Gasteiger partial charge is 0.164 e. The SMILES string of the molecule is C1=C(C2=Cc3ccccc3CC2)CCC(c2nc(-c3cccc(-c4ccc(-c5ccc6sc7ccccc7c6c5)c5oc6ccccc6c45)c3)nc(-c3ccc4ccccc4c3)n2)=C1. The highest BCUT2D eigenvalue weighted by Gasteiger charge is 2.22. The fourth-order valence-electron chi connectivity index (χ4n) is 9.90. The lowest BCUT2D eigenvalue weighted by Gasteiger charge is -2.21. The minimum Gasteiger partial charge on any atom is -0.455 e. The van der Waals surface area contributed by atoms with Crippen LogP contribution in [0, 0.1) is 0 Å². The molecule has 3 heterocycles. The summed E-state index contributed by atoms with van der Waals surface area (Å²) >= 11 is 1.84. The first-order valence-electron chi connectivity index (χ1n) is 22.1. The van der Waals surface area contributed by atoms with Crippen LogP contribution in [0.3, 0.4) is 0 Å². The maximum atomic E-state index is 6.79. The van der Waals surface area contributed by atoms with Gasteiger partial charge in [0.2, 0.25) is 0 Å². The first-order chi connectivity index (χ1) is 31.7. The van der Waals surface area contributed by atoms with E-state index in [-0.39, 0.29) is 0 Å². The molecule has 0 fully saturated rings. The molecule has 0 unspecified atom stereocenters. The second kappa shape index (κ2) is 15.0. The third kappa shape index (κ3) is 6.31. The Balaban J connectivity index is 0.933. The quantitative estimate of drug-likeness (QED) is 0.167. The van der Waals surface area contributed by atoms with Crippen molar-refractivity contribution in [2.45, 2.75) is 25.7 Å². The van der Waals surface area contributed by atoms with Crippen molar-refractivity contribution in [3.8, 4) is 45.0 Å². The van der Waals surface area contributed by atoms with Crippen LogP contribution in [-0.2, 0) is 6.42 Å². The summed E-state index contributed by atoms with van der Waals surface area (Å²) in [5, 5.41) is 7.08. The van der Waals surface area contributed by atoms with Crippen molar-refractivity contribution in [1.82, 2.24) is 15.0 Å². The largest absolute Gasteiger partial charge is 0.455 e. The van der Waals surface area contributed by atoms with Crippen LogP contribution in [-0.4, -0.2) is 15.0 Å². The number of thiophene rings is 1. The van der Waals surface area contributed by atoms with Gasteiger partial charge in [0.05, 0.1) is 0 Å². The van der Waals surface area contributed by atoms with Crippen molar-refractivity contribution in [3.05, 3.63) is 210 Å². The molecule has 2 aliphatic rings. The minimum absolute atomic E-state index is 0.651. The number of rotatable bonds is 6. The van der Waals surface area contributed by atoms with Gasteiger partial charge in [-0.2, -0.15) is 0 Å².